The molecule has 1 aliphatic heterocycles. The molecule has 2 bridgehead atoms. The molecule has 0 radical (unpaired) electrons. The number of rotatable bonds is 17. The maximum atomic E-state index is 15.6. The number of carboxylic acid groups (broad SMARTS) is 2. The number of aliphatic hydroxyl groups is 1. The molecule has 2 aromatic carbocycles. The monoisotopic (exact) mass is 1330 g/mol. The molecule has 1 amide bonds. The third-order valence-electron chi connectivity index (χ3n) is 14.9. The first-order valence-electron chi connectivity index (χ1n) is 25.3. The van der Waals surface area contributed by atoms with Crippen molar-refractivity contribution in [2.75, 3.05) is 13.7 Å². The molecule has 8 N–H and O–H groups in total. The summed E-state index contributed by atoms with van der Waals surface area (Å²) in [5, 5.41) is 34.0. The van der Waals surface area contributed by atoms with Crippen molar-refractivity contribution in [3.05, 3.63) is 95.2 Å². The first kappa shape index (κ1) is 70.1. The van der Waals surface area contributed by atoms with Crippen molar-refractivity contribution in [3.63, 3.8) is 0 Å². The van der Waals surface area contributed by atoms with Crippen LogP contribution in [0.1, 0.15) is 143 Å². The largest absolute Gasteiger partial charge is 0.693 e. The van der Waals surface area contributed by atoms with Crippen LogP contribution in [0.3, 0.4) is 0 Å². The van der Waals surface area contributed by atoms with E-state index in [2.05, 4.69) is 12.2 Å². The zero-order chi connectivity index (χ0) is 57.8. The van der Waals surface area contributed by atoms with E-state index in [1.165, 1.54) is 26.2 Å². The number of hydrogen-bond acceptors (Lipinski definition) is 16. The predicted molar refractivity (Wildman–Crippen MR) is 286 cm³/mol. The van der Waals surface area contributed by atoms with Crippen LogP contribution in [-0.4, -0.2) is 124 Å². The summed E-state index contributed by atoms with van der Waals surface area (Å²) >= 11 is -0.472. The van der Waals surface area contributed by atoms with Crippen LogP contribution in [0.2, 0.25) is 0 Å². The molecule has 3 fully saturated rings. The molecule has 2 aromatic rings. The molecule has 1 saturated heterocycles. The molecule has 0 spiro atoms. The molecule has 6 rings (SSSR count). The number of fused-ring (bicyclic) bond motifs is 5. The number of amides is 1. The minimum atomic E-state index is -2.25. The summed E-state index contributed by atoms with van der Waals surface area (Å²) in [7, 11) is 11.2. The molecule has 4 aliphatic rings. The third-order valence-corrected chi connectivity index (χ3v) is 14.9. The van der Waals surface area contributed by atoms with Gasteiger partial charge in [-0.25, -0.2) is 14.4 Å². The van der Waals surface area contributed by atoms with E-state index in [9.17, 15) is 43.8 Å². The Morgan fingerprint density at radius 2 is 1.46 bits per heavy atom. The Kier molecular flexibility index (Phi) is 26.3. The Balaban J connectivity index is 0.00000149. The van der Waals surface area contributed by atoms with E-state index in [1.54, 1.807) is 104 Å². The molecular formula is C55H77Cl2N3O18Pt. The summed E-state index contributed by atoms with van der Waals surface area (Å²) in [4.78, 5) is 106. The van der Waals surface area contributed by atoms with E-state index in [0.29, 0.717) is 17.6 Å². The van der Waals surface area contributed by atoms with Gasteiger partial charge in [-0.2, -0.15) is 0 Å². The fraction of sp³-hybridized carbons (Fsp3) is 0.600. The van der Waals surface area contributed by atoms with Crippen LogP contribution in [0.15, 0.2) is 71.8 Å². The van der Waals surface area contributed by atoms with E-state index in [4.69, 9.17) is 57.1 Å². The van der Waals surface area contributed by atoms with Crippen molar-refractivity contribution >= 4 is 66.5 Å². The SMILES string of the molecule is CCCCCC(=O)O.CO[C@H]1C[C@H]2OC[C@@]2(OC(C)=O)[C@H]2[C@H](OC(=O)c3ccccc3)[C@]3(O)C[C@H](OC(=O)[C@H](OC(=O)CCC(=O)O)[C@@H](NC(=O)OC(C)(C)C)c4ccccc4)C(C)=C([C@@H](C)C(=O)[C@]12C)C3(C)C.[Cl][Pt+2][Cl].[NH2-].[NH2-]. The quantitative estimate of drug-likeness (QED) is 0.0495. The maximum absolute atomic E-state index is 15.6. The molecule has 0 unspecified atom stereocenters. The van der Waals surface area contributed by atoms with Crippen LogP contribution in [0.5, 0.6) is 0 Å². The molecule has 0 aromatic heterocycles. The van der Waals surface area contributed by atoms with Gasteiger partial charge < -0.3 is 66.1 Å². The number of halogens is 2. The van der Waals surface area contributed by atoms with E-state index >= 15 is 4.79 Å². The number of nitrogens with one attached hydrogen (secondary N) is 1. The molecule has 11 atom stereocenters. The second kappa shape index (κ2) is 29.6. The van der Waals surface area contributed by atoms with Crippen LogP contribution in [0, 0.1) is 22.7 Å². The summed E-state index contributed by atoms with van der Waals surface area (Å²) in [5.41, 5.74) is -6.76. The summed E-state index contributed by atoms with van der Waals surface area (Å²) in [5.74, 6) is -8.58. The minimum Gasteiger partial charge on any atom is -0.693 e. The van der Waals surface area contributed by atoms with Crippen molar-refractivity contribution in [2.24, 2.45) is 22.7 Å². The Labute approximate surface area is 478 Å². The number of carbonyl (C=O) groups excluding carboxylic acids is 6. The Hall–Kier alpha value is -4.99. The van der Waals surface area contributed by atoms with Crippen molar-refractivity contribution in [2.45, 2.75) is 174 Å². The second-order valence-electron chi connectivity index (χ2n) is 21.4. The smallest absolute Gasteiger partial charge is 0.693 e. The zero-order valence-electron chi connectivity index (χ0n) is 46.4. The van der Waals surface area contributed by atoms with Gasteiger partial charge in [0.15, 0.2) is 5.60 Å². The van der Waals surface area contributed by atoms with Crippen LogP contribution in [0.4, 0.5) is 4.79 Å². The molecule has 2 saturated carbocycles. The number of ketones is 1. The Morgan fingerprint density at radius 3 is 1.95 bits per heavy atom. The Morgan fingerprint density at radius 1 is 0.886 bits per heavy atom. The topological polar surface area (TPSA) is 341 Å². The van der Waals surface area contributed by atoms with Gasteiger partial charge in [0, 0.05) is 44.6 Å². The summed E-state index contributed by atoms with van der Waals surface area (Å²) in [6.07, 6.45) is -6.12. The fourth-order valence-electron chi connectivity index (χ4n) is 11.4. The number of carboxylic acids is 2. The van der Waals surface area contributed by atoms with E-state index < -0.39 is 154 Å². The van der Waals surface area contributed by atoms with E-state index in [-0.39, 0.29) is 42.2 Å². The van der Waals surface area contributed by atoms with Gasteiger partial charge in [0.2, 0.25) is 6.10 Å². The zero-order valence-corrected chi connectivity index (χ0v) is 50.2. The van der Waals surface area contributed by atoms with Crippen molar-refractivity contribution < 1.29 is 103 Å². The number of alkyl carbamates (subject to hydrolysis) is 1. The Bertz CT molecular complexity index is 2480. The number of benzene rings is 2. The summed E-state index contributed by atoms with van der Waals surface area (Å²) in [6.45, 7) is 16.3. The molecule has 79 heavy (non-hydrogen) atoms. The van der Waals surface area contributed by atoms with Crippen LogP contribution < -0.4 is 5.32 Å². The summed E-state index contributed by atoms with van der Waals surface area (Å²) in [6, 6.07) is 14.6. The van der Waals surface area contributed by atoms with Crippen molar-refractivity contribution in [1.29, 1.82) is 0 Å². The summed E-state index contributed by atoms with van der Waals surface area (Å²) < 4.78 is 42.4. The van der Waals surface area contributed by atoms with E-state index in [1.807, 2.05) is 0 Å². The number of ether oxygens (including phenoxy) is 7. The number of nitrogens with two attached hydrogens (primary N) is 2. The third kappa shape index (κ3) is 16.1. The van der Waals surface area contributed by atoms with Crippen molar-refractivity contribution in [3.8, 4) is 0 Å². The van der Waals surface area contributed by atoms with Gasteiger partial charge in [0.1, 0.15) is 41.3 Å². The van der Waals surface area contributed by atoms with E-state index in [0.717, 1.165) is 19.3 Å². The molecule has 21 nitrogen and oxygen atoms in total. The normalized spacial score (nSPS) is 27.0. The molecule has 444 valence electrons. The van der Waals surface area contributed by atoms with Gasteiger partial charge in [-0.05, 0) is 69.9 Å². The van der Waals surface area contributed by atoms with Gasteiger partial charge in [0.05, 0.1) is 42.4 Å². The minimum absolute atomic E-state index is 0. The first-order valence-corrected chi connectivity index (χ1v) is 30.9. The van der Waals surface area contributed by atoms with Crippen LogP contribution in [0.25, 0.3) is 12.3 Å². The van der Waals surface area contributed by atoms with Crippen molar-refractivity contribution in [1.82, 2.24) is 5.32 Å². The van der Waals surface area contributed by atoms with Gasteiger partial charge in [-0.3, -0.25) is 24.0 Å². The number of methoxy groups -OCH3 is 1. The number of carbonyl (C=O) groups is 8. The number of esters is 4. The van der Waals surface area contributed by atoms with Gasteiger partial charge in [-0.1, -0.05) is 89.1 Å². The molecule has 1 heterocycles. The number of aliphatic carboxylic acids is 2. The maximum Gasteiger partial charge on any atom is -0.693 e. The van der Waals surface area contributed by atoms with Crippen LogP contribution >= 0.6 is 18.8 Å². The standard InChI is InChI=1S/C49H61NO16.C6H12O2.2ClH.2H2N.Pt/c1-26-31(62-43(57)38(63-35(54)22-21-34(52)53)37(29-17-13-11-14-18-29)50-44(58)66-45(4,5)6)24-49(59)41(64-42(56)30-19-15-12-16-20-30)39-47(9,40(55)27(2)36(26)46(49,7)8)32(60-10)23-33-48(39,25-61-33)65-28(3)51;1-2-3-4-5-6(7)8;;;;;/h11-20,27,31-33,37-39,41,59H,21-25H2,1-10H3,(H,50,58)(H,52,53);2-5H2,1H3,(H,7,8);2*1H;2*1H2;/q;;;;2*-1;+4/p-2/t27-,31+,32+,33-,37+,38-,39+,41+,47-,48+,49-;;;;;;/m1....../s1. The average molecular weight is 1330 g/mol. The number of unbranched alkanes of at least 4 members (excludes halogenated alkanes) is 2. The first-order chi connectivity index (χ1) is 36.0. The number of hydrogen-bond donors (Lipinski definition) is 4. The fourth-order valence-corrected chi connectivity index (χ4v) is 11.4. The molecular weight excluding hydrogens is 1260 g/mol. The molecule has 3 aliphatic carbocycles. The van der Waals surface area contributed by atoms with Gasteiger partial charge >= 0.3 is 77.2 Å². The second-order valence-corrected chi connectivity index (χ2v) is 24.6. The van der Waals surface area contributed by atoms with Gasteiger partial charge in [-0.15, -0.1) is 0 Å². The van der Waals surface area contributed by atoms with Crippen LogP contribution in [-0.2, 0) is 78.4 Å². The number of Topliss-reactive ketones (excluding diaryl/α,β-unsaturated/α-hetero) is 1. The average Bonchev–Trinajstić information content (AvgIpc) is 3.34. The van der Waals surface area contributed by atoms with Gasteiger partial charge in [0.25, 0.3) is 0 Å². The predicted octanol–water partition coefficient (Wildman–Crippen LogP) is 10.1. The molecule has 24 heteroatoms.